The fourth-order valence-corrected chi connectivity index (χ4v) is 3.17. The molecule has 1 atom stereocenters. The maximum absolute atomic E-state index is 12.3. The van der Waals surface area contributed by atoms with Crippen molar-refractivity contribution in [2.24, 2.45) is 5.73 Å². The minimum Gasteiger partial charge on any atom is -0.492 e. The summed E-state index contributed by atoms with van der Waals surface area (Å²) >= 11 is 7.51. The van der Waals surface area contributed by atoms with Gasteiger partial charge in [-0.25, -0.2) is 4.98 Å². The van der Waals surface area contributed by atoms with Crippen LogP contribution in [0.25, 0.3) is 0 Å². The molecule has 3 rings (SSSR count). The van der Waals surface area contributed by atoms with Crippen LogP contribution in [0.1, 0.15) is 33.5 Å². The Labute approximate surface area is 131 Å². The Hall–Kier alpha value is -1.63. The zero-order valence-electron chi connectivity index (χ0n) is 11.1. The van der Waals surface area contributed by atoms with E-state index in [1.54, 1.807) is 11.4 Å². The number of halogens is 1. The second-order valence-electron chi connectivity index (χ2n) is 4.65. The van der Waals surface area contributed by atoms with Crippen molar-refractivity contribution in [1.82, 2.24) is 10.3 Å². The number of hydrogen-bond acceptors (Lipinski definition) is 5. The number of fused-ring (bicyclic) bond motifs is 1. The van der Waals surface area contributed by atoms with Crippen molar-refractivity contribution < 1.29 is 9.53 Å². The summed E-state index contributed by atoms with van der Waals surface area (Å²) in [5.74, 6) is 0.445. The minimum absolute atomic E-state index is 0.122. The topological polar surface area (TPSA) is 77.2 Å². The van der Waals surface area contributed by atoms with Gasteiger partial charge in [-0.3, -0.25) is 4.79 Å². The second kappa shape index (κ2) is 6.01. The first-order chi connectivity index (χ1) is 10.2. The molecule has 5 nitrogen and oxygen atoms in total. The maximum atomic E-state index is 12.3. The smallest absolute Gasteiger partial charge is 0.271 e. The first-order valence-electron chi connectivity index (χ1n) is 6.55. The van der Waals surface area contributed by atoms with Crippen LogP contribution in [0.3, 0.4) is 0 Å². The number of nitrogens with zero attached hydrogens (tertiary/aromatic N) is 1. The summed E-state index contributed by atoms with van der Waals surface area (Å²) in [5, 5.41) is 6.01. The average molecular weight is 324 g/mol. The molecule has 0 bridgehead atoms. The molecule has 110 valence electrons. The molecule has 0 spiro atoms. The van der Waals surface area contributed by atoms with Crippen molar-refractivity contribution in [2.45, 2.75) is 19.0 Å². The van der Waals surface area contributed by atoms with Crippen molar-refractivity contribution >= 4 is 28.8 Å². The highest BCUT2D eigenvalue weighted by Crippen LogP contribution is 2.37. The maximum Gasteiger partial charge on any atom is 0.271 e. The summed E-state index contributed by atoms with van der Waals surface area (Å²) in [4.78, 5) is 16.4. The van der Waals surface area contributed by atoms with Gasteiger partial charge in [0.25, 0.3) is 5.91 Å². The number of para-hydroxylation sites is 1. The minimum atomic E-state index is -0.205. The molecule has 1 aromatic heterocycles. The molecule has 0 aliphatic carbocycles. The highest BCUT2D eigenvalue weighted by molar-refractivity contribution is 7.09. The van der Waals surface area contributed by atoms with E-state index < -0.39 is 0 Å². The molecule has 0 saturated carbocycles. The number of carbonyl (C=O) groups excluding carboxylic acids is 1. The molecule has 1 aliphatic heterocycles. The van der Waals surface area contributed by atoms with Crippen LogP contribution in [0.4, 0.5) is 0 Å². The summed E-state index contributed by atoms with van der Waals surface area (Å²) in [6.07, 6.45) is 0.701. The zero-order valence-corrected chi connectivity index (χ0v) is 12.7. The largest absolute Gasteiger partial charge is 0.492 e. The van der Waals surface area contributed by atoms with Crippen LogP contribution in [0, 0.1) is 0 Å². The molecule has 21 heavy (non-hydrogen) atoms. The third kappa shape index (κ3) is 2.88. The van der Waals surface area contributed by atoms with Crippen molar-refractivity contribution in [2.75, 3.05) is 6.61 Å². The number of hydrogen-bond donors (Lipinski definition) is 2. The van der Waals surface area contributed by atoms with E-state index in [9.17, 15) is 4.79 Å². The van der Waals surface area contributed by atoms with Crippen LogP contribution >= 0.6 is 22.9 Å². The molecule has 2 heterocycles. The Morgan fingerprint density at radius 3 is 3.19 bits per heavy atom. The third-order valence-electron chi connectivity index (χ3n) is 3.29. The second-order valence-corrected chi connectivity index (χ2v) is 6.00. The normalized spacial score (nSPS) is 17.0. The standard InChI is InChI=1S/C14H14ClN3O2S/c15-9-3-1-2-8-10(4-5-20-13(8)9)18-14(19)11-7-21-12(6-16)17-11/h1-3,7,10H,4-6,16H2,(H,18,19). The van der Waals surface area contributed by atoms with Crippen molar-refractivity contribution in [3.8, 4) is 5.75 Å². The quantitative estimate of drug-likeness (QED) is 0.910. The number of rotatable bonds is 3. The lowest BCUT2D eigenvalue weighted by Gasteiger charge is -2.27. The van der Waals surface area contributed by atoms with E-state index in [0.29, 0.717) is 36.0 Å². The summed E-state index contributed by atoms with van der Waals surface area (Å²) < 4.78 is 5.58. The van der Waals surface area contributed by atoms with Crippen molar-refractivity contribution in [3.05, 3.63) is 44.9 Å². The van der Waals surface area contributed by atoms with Gasteiger partial charge in [0.05, 0.1) is 17.7 Å². The van der Waals surface area contributed by atoms with E-state index in [4.69, 9.17) is 22.1 Å². The average Bonchev–Trinajstić information content (AvgIpc) is 2.97. The predicted octanol–water partition coefficient (Wildman–Crippen LogP) is 2.51. The Morgan fingerprint density at radius 1 is 1.57 bits per heavy atom. The van der Waals surface area contributed by atoms with Crippen LogP contribution < -0.4 is 15.8 Å². The molecular weight excluding hydrogens is 310 g/mol. The molecule has 0 fully saturated rings. The summed E-state index contributed by atoms with van der Waals surface area (Å²) in [5.41, 5.74) is 6.81. The molecule has 7 heteroatoms. The van der Waals surface area contributed by atoms with Gasteiger partial charge < -0.3 is 15.8 Å². The lowest BCUT2D eigenvalue weighted by molar-refractivity contribution is 0.0920. The molecule has 1 unspecified atom stereocenters. The highest BCUT2D eigenvalue weighted by Gasteiger charge is 2.25. The fourth-order valence-electron chi connectivity index (χ4n) is 2.28. The van der Waals surface area contributed by atoms with E-state index >= 15 is 0 Å². The monoisotopic (exact) mass is 323 g/mol. The Bertz CT molecular complexity index is 674. The number of benzene rings is 1. The van der Waals surface area contributed by atoms with Gasteiger partial charge in [-0.1, -0.05) is 23.7 Å². The molecule has 1 amide bonds. The summed E-state index contributed by atoms with van der Waals surface area (Å²) in [6.45, 7) is 0.862. The molecule has 1 aliphatic rings. The molecule has 3 N–H and O–H groups in total. The molecular formula is C14H14ClN3O2S. The lowest BCUT2D eigenvalue weighted by atomic mass is 10.0. The first kappa shape index (κ1) is 14.3. The van der Waals surface area contributed by atoms with E-state index in [2.05, 4.69) is 10.3 Å². The highest BCUT2D eigenvalue weighted by atomic mass is 35.5. The van der Waals surface area contributed by atoms with Crippen LogP contribution in [0.15, 0.2) is 23.6 Å². The number of ether oxygens (including phenoxy) is 1. The van der Waals surface area contributed by atoms with Gasteiger partial charge >= 0.3 is 0 Å². The zero-order chi connectivity index (χ0) is 14.8. The number of carbonyl (C=O) groups is 1. The number of aromatic nitrogens is 1. The van der Waals surface area contributed by atoms with E-state index in [1.165, 1.54) is 11.3 Å². The third-order valence-corrected chi connectivity index (χ3v) is 4.46. The Morgan fingerprint density at radius 2 is 2.43 bits per heavy atom. The predicted molar refractivity (Wildman–Crippen MR) is 81.8 cm³/mol. The Balaban J connectivity index is 1.80. The summed E-state index contributed by atoms with van der Waals surface area (Å²) in [7, 11) is 0. The fraction of sp³-hybridized carbons (Fsp3) is 0.286. The van der Waals surface area contributed by atoms with Gasteiger partial charge in [-0.2, -0.15) is 0 Å². The lowest BCUT2D eigenvalue weighted by Crippen LogP contribution is -2.32. The molecule has 0 radical (unpaired) electrons. The van der Waals surface area contributed by atoms with E-state index in [0.717, 1.165) is 10.6 Å². The van der Waals surface area contributed by atoms with Crippen molar-refractivity contribution in [1.29, 1.82) is 0 Å². The van der Waals surface area contributed by atoms with E-state index in [-0.39, 0.29) is 11.9 Å². The van der Waals surface area contributed by atoms with Gasteiger partial charge in [0, 0.05) is 23.9 Å². The van der Waals surface area contributed by atoms with Gasteiger partial charge in [-0.05, 0) is 6.07 Å². The van der Waals surface area contributed by atoms with Crippen molar-refractivity contribution in [3.63, 3.8) is 0 Å². The van der Waals surface area contributed by atoms with Crippen LogP contribution in [-0.4, -0.2) is 17.5 Å². The van der Waals surface area contributed by atoms with E-state index in [1.807, 2.05) is 12.1 Å². The summed E-state index contributed by atoms with van der Waals surface area (Å²) in [6, 6.07) is 5.42. The van der Waals surface area contributed by atoms with Gasteiger partial charge in [0.15, 0.2) is 0 Å². The van der Waals surface area contributed by atoms with Crippen LogP contribution in [0.2, 0.25) is 5.02 Å². The van der Waals surface area contributed by atoms with Gasteiger partial charge in [0.1, 0.15) is 16.5 Å². The molecule has 2 aromatic rings. The Kier molecular flexibility index (Phi) is 4.10. The molecule has 1 aromatic carbocycles. The van der Waals surface area contributed by atoms with Gasteiger partial charge in [0.2, 0.25) is 0 Å². The number of amides is 1. The SMILES string of the molecule is NCc1nc(C(=O)NC2CCOc3c(Cl)cccc32)cs1. The number of thiazole rings is 1. The first-order valence-corrected chi connectivity index (χ1v) is 7.81. The van der Waals surface area contributed by atoms with Gasteiger partial charge in [-0.15, -0.1) is 11.3 Å². The van der Waals surface area contributed by atoms with Crippen LogP contribution in [-0.2, 0) is 6.54 Å². The van der Waals surface area contributed by atoms with Crippen LogP contribution in [0.5, 0.6) is 5.75 Å². The number of nitrogens with two attached hydrogens (primary N) is 1. The molecule has 0 saturated heterocycles. The number of nitrogens with one attached hydrogen (secondary N) is 1.